The standard InChI is InChI=1S/C11H17NO3/c1-3-10(13)12-6-4-9(5-7-12)8-11(14)15-2/h3,9H,1,4-8H2,2H3. The Morgan fingerprint density at radius 2 is 2.07 bits per heavy atom. The zero-order chi connectivity index (χ0) is 11.3. The highest BCUT2D eigenvalue weighted by Gasteiger charge is 2.23. The molecule has 0 atom stereocenters. The Morgan fingerprint density at radius 3 is 2.53 bits per heavy atom. The van der Waals surface area contributed by atoms with Crippen molar-refractivity contribution in [2.24, 2.45) is 5.92 Å². The van der Waals surface area contributed by atoms with Gasteiger partial charge < -0.3 is 9.64 Å². The summed E-state index contributed by atoms with van der Waals surface area (Å²) in [6, 6.07) is 0. The summed E-state index contributed by atoms with van der Waals surface area (Å²) in [7, 11) is 1.40. The third-order valence-corrected chi connectivity index (χ3v) is 2.78. The fourth-order valence-corrected chi connectivity index (χ4v) is 1.81. The molecule has 0 saturated carbocycles. The summed E-state index contributed by atoms with van der Waals surface area (Å²) < 4.78 is 4.61. The average molecular weight is 211 g/mol. The molecule has 0 aliphatic carbocycles. The molecule has 0 unspecified atom stereocenters. The number of nitrogens with zero attached hydrogens (tertiary/aromatic N) is 1. The molecule has 1 amide bonds. The molecule has 1 rings (SSSR count). The maximum Gasteiger partial charge on any atom is 0.305 e. The van der Waals surface area contributed by atoms with Crippen molar-refractivity contribution in [3.8, 4) is 0 Å². The fraction of sp³-hybridized carbons (Fsp3) is 0.636. The highest BCUT2D eigenvalue weighted by atomic mass is 16.5. The Morgan fingerprint density at radius 1 is 1.47 bits per heavy atom. The van der Waals surface area contributed by atoms with Gasteiger partial charge in [0.2, 0.25) is 5.91 Å². The van der Waals surface area contributed by atoms with E-state index >= 15 is 0 Å². The van der Waals surface area contributed by atoms with E-state index in [2.05, 4.69) is 11.3 Å². The number of carbonyl (C=O) groups excluding carboxylic acids is 2. The van der Waals surface area contributed by atoms with Crippen molar-refractivity contribution < 1.29 is 14.3 Å². The van der Waals surface area contributed by atoms with Crippen LogP contribution < -0.4 is 0 Å². The smallest absolute Gasteiger partial charge is 0.305 e. The van der Waals surface area contributed by atoms with Gasteiger partial charge in [0.15, 0.2) is 0 Å². The van der Waals surface area contributed by atoms with Gasteiger partial charge in [0, 0.05) is 19.5 Å². The van der Waals surface area contributed by atoms with Crippen molar-refractivity contribution in [2.45, 2.75) is 19.3 Å². The van der Waals surface area contributed by atoms with Gasteiger partial charge in [-0.15, -0.1) is 0 Å². The minimum absolute atomic E-state index is 0.0217. The molecular formula is C11H17NO3. The van der Waals surface area contributed by atoms with Crippen LogP contribution in [0.1, 0.15) is 19.3 Å². The monoisotopic (exact) mass is 211 g/mol. The SMILES string of the molecule is C=CC(=O)N1CCC(CC(=O)OC)CC1. The summed E-state index contributed by atoms with van der Waals surface area (Å²) in [6.07, 6.45) is 3.54. The summed E-state index contributed by atoms with van der Waals surface area (Å²) in [6.45, 7) is 4.88. The molecule has 84 valence electrons. The molecule has 4 heteroatoms. The molecule has 0 N–H and O–H groups in total. The van der Waals surface area contributed by atoms with E-state index in [0.717, 1.165) is 12.8 Å². The highest BCUT2D eigenvalue weighted by Crippen LogP contribution is 2.20. The second kappa shape index (κ2) is 5.53. The van der Waals surface area contributed by atoms with Crippen molar-refractivity contribution >= 4 is 11.9 Å². The number of likely N-dealkylation sites (tertiary alicyclic amines) is 1. The van der Waals surface area contributed by atoms with Gasteiger partial charge in [-0.05, 0) is 24.8 Å². The first-order chi connectivity index (χ1) is 7.17. The van der Waals surface area contributed by atoms with Crippen LogP contribution in [0.3, 0.4) is 0 Å². The number of piperidine rings is 1. The van der Waals surface area contributed by atoms with Crippen LogP contribution in [0.4, 0.5) is 0 Å². The number of ether oxygens (including phenoxy) is 1. The Hall–Kier alpha value is -1.32. The van der Waals surface area contributed by atoms with Crippen molar-refractivity contribution in [1.29, 1.82) is 0 Å². The predicted molar refractivity (Wildman–Crippen MR) is 56.1 cm³/mol. The minimum Gasteiger partial charge on any atom is -0.469 e. The summed E-state index contributed by atoms with van der Waals surface area (Å²) in [5, 5.41) is 0. The van der Waals surface area contributed by atoms with Crippen LogP contribution in [0.15, 0.2) is 12.7 Å². The van der Waals surface area contributed by atoms with Crippen molar-refractivity contribution in [1.82, 2.24) is 4.90 Å². The maximum atomic E-state index is 11.3. The van der Waals surface area contributed by atoms with E-state index in [0.29, 0.717) is 25.4 Å². The first kappa shape index (κ1) is 11.8. The molecule has 0 bridgehead atoms. The van der Waals surface area contributed by atoms with Gasteiger partial charge >= 0.3 is 5.97 Å². The molecule has 0 aromatic rings. The largest absolute Gasteiger partial charge is 0.469 e. The molecule has 0 radical (unpaired) electrons. The molecule has 1 fully saturated rings. The van der Waals surface area contributed by atoms with Crippen LogP contribution >= 0.6 is 0 Å². The van der Waals surface area contributed by atoms with Crippen LogP contribution in [0.2, 0.25) is 0 Å². The Balaban J connectivity index is 2.32. The van der Waals surface area contributed by atoms with Gasteiger partial charge in [-0.3, -0.25) is 9.59 Å². The van der Waals surface area contributed by atoms with Crippen LogP contribution in [-0.4, -0.2) is 37.0 Å². The number of methoxy groups -OCH3 is 1. The van der Waals surface area contributed by atoms with E-state index in [9.17, 15) is 9.59 Å². The molecule has 1 aliphatic heterocycles. The second-order valence-corrected chi connectivity index (χ2v) is 3.75. The Bertz CT molecular complexity index is 255. The lowest BCUT2D eigenvalue weighted by Crippen LogP contribution is -2.37. The third-order valence-electron chi connectivity index (χ3n) is 2.78. The van der Waals surface area contributed by atoms with Gasteiger partial charge in [0.1, 0.15) is 0 Å². The number of hydrogen-bond donors (Lipinski definition) is 0. The van der Waals surface area contributed by atoms with Crippen molar-refractivity contribution in [3.05, 3.63) is 12.7 Å². The zero-order valence-electron chi connectivity index (χ0n) is 9.07. The molecule has 1 heterocycles. The van der Waals surface area contributed by atoms with Gasteiger partial charge in [-0.1, -0.05) is 6.58 Å². The van der Waals surface area contributed by atoms with Crippen LogP contribution in [0.25, 0.3) is 0 Å². The quantitative estimate of drug-likeness (QED) is 0.516. The number of hydrogen-bond acceptors (Lipinski definition) is 3. The number of esters is 1. The van der Waals surface area contributed by atoms with Gasteiger partial charge in [0.25, 0.3) is 0 Å². The average Bonchev–Trinajstić information content (AvgIpc) is 2.29. The molecule has 1 aliphatic rings. The van der Waals surface area contributed by atoms with E-state index in [1.807, 2.05) is 0 Å². The minimum atomic E-state index is -0.163. The summed E-state index contributed by atoms with van der Waals surface area (Å²) >= 11 is 0. The van der Waals surface area contributed by atoms with E-state index in [1.54, 1.807) is 4.90 Å². The lowest BCUT2D eigenvalue weighted by atomic mass is 9.93. The number of carbonyl (C=O) groups is 2. The van der Waals surface area contributed by atoms with Crippen LogP contribution in [-0.2, 0) is 14.3 Å². The van der Waals surface area contributed by atoms with E-state index in [-0.39, 0.29) is 11.9 Å². The van der Waals surface area contributed by atoms with E-state index in [1.165, 1.54) is 13.2 Å². The van der Waals surface area contributed by atoms with Gasteiger partial charge in [0.05, 0.1) is 7.11 Å². The maximum absolute atomic E-state index is 11.3. The Kier molecular flexibility index (Phi) is 4.34. The molecular weight excluding hydrogens is 194 g/mol. The third kappa shape index (κ3) is 3.38. The molecule has 0 spiro atoms. The molecule has 1 saturated heterocycles. The summed E-state index contributed by atoms with van der Waals surface area (Å²) in [5.41, 5.74) is 0. The summed E-state index contributed by atoms with van der Waals surface area (Å²) in [4.78, 5) is 24.1. The number of rotatable bonds is 3. The van der Waals surface area contributed by atoms with Gasteiger partial charge in [-0.25, -0.2) is 0 Å². The van der Waals surface area contributed by atoms with E-state index < -0.39 is 0 Å². The fourth-order valence-electron chi connectivity index (χ4n) is 1.81. The highest BCUT2D eigenvalue weighted by molar-refractivity contribution is 5.87. The summed E-state index contributed by atoms with van der Waals surface area (Å²) in [5.74, 6) is 0.168. The topological polar surface area (TPSA) is 46.6 Å². The number of amides is 1. The molecule has 4 nitrogen and oxygen atoms in total. The predicted octanol–water partition coefficient (Wildman–Crippen LogP) is 0.974. The second-order valence-electron chi connectivity index (χ2n) is 3.75. The van der Waals surface area contributed by atoms with Crippen molar-refractivity contribution in [2.75, 3.05) is 20.2 Å². The molecule has 0 aromatic carbocycles. The van der Waals surface area contributed by atoms with Crippen molar-refractivity contribution in [3.63, 3.8) is 0 Å². The first-order valence-corrected chi connectivity index (χ1v) is 5.15. The molecule has 15 heavy (non-hydrogen) atoms. The molecule has 0 aromatic heterocycles. The normalized spacial score (nSPS) is 17.3. The zero-order valence-corrected chi connectivity index (χ0v) is 9.07. The van der Waals surface area contributed by atoms with E-state index in [4.69, 9.17) is 0 Å². The lowest BCUT2D eigenvalue weighted by molar-refractivity contribution is -0.142. The van der Waals surface area contributed by atoms with Crippen LogP contribution in [0, 0.1) is 5.92 Å². The van der Waals surface area contributed by atoms with Gasteiger partial charge in [-0.2, -0.15) is 0 Å². The first-order valence-electron chi connectivity index (χ1n) is 5.15. The lowest BCUT2D eigenvalue weighted by Gasteiger charge is -2.30. The van der Waals surface area contributed by atoms with Crippen LogP contribution in [0.5, 0.6) is 0 Å². The Labute approximate surface area is 89.9 Å².